The number of amides is 2. The van der Waals surface area contributed by atoms with E-state index >= 15 is 0 Å². The van der Waals surface area contributed by atoms with E-state index in [4.69, 9.17) is 0 Å². The summed E-state index contributed by atoms with van der Waals surface area (Å²) < 4.78 is 1.98. The molecule has 0 spiro atoms. The smallest absolute Gasteiger partial charge is 0.291 e. The zero-order valence-electron chi connectivity index (χ0n) is 15.3. The van der Waals surface area contributed by atoms with Gasteiger partial charge in [0, 0.05) is 25.0 Å². The van der Waals surface area contributed by atoms with Gasteiger partial charge < -0.3 is 9.47 Å². The fourth-order valence-corrected chi connectivity index (χ4v) is 3.22. The average molecular weight is 360 g/mol. The molecule has 0 radical (unpaired) electrons. The van der Waals surface area contributed by atoms with Gasteiger partial charge in [0.15, 0.2) is 0 Å². The van der Waals surface area contributed by atoms with Gasteiger partial charge in [-0.25, -0.2) is 5.01 Å². The van der Waals surface area contributed by atoms with Crippen molar-refractivity contribution in [3.05, 3.63) is 71.9 Å². The molecule has 6 heteroatoms. The van der Waals surface area contributed by atoms with Crippen molar-refractivity contribution in [1.82, 2.24) is 14.5 Å². The van der Waals surface area contributed by atoms with Gasteiger partial charge in [-0.05, 0) is 17.7 Å². The Morgan fingerprint density at radius 3 is 2.52 bits per heavy atom. The minimum absolute atomic E-state index is 0.0936. The molecule has 0 atom stereocenters. The highest BCUT2D eigenvalue weighted by atomic mass is 16.2. The predicted octanol–water partition coefficient (Wildman–Crippen LogP) is 2.59. The van der Waals surface area contributed by atoms with Crippen molar-refractivity contribution < 1.29 is 9.59 Å². The lowest BCUT2D eigenvalue weighted by molar-refractivity contribution is -0.129. The third kappa shape index (κ3) is 3.10. The number of carbonyl (C=O) groups excluding carboxylic acids is 2. The molecular formula is C21H20N4O2. The predicted molar refractivity (Wildman–Crippen MR) is 105 cm³/mol. The summed E-state index contributed by atoms with van der Waals surface area (Å²) >= 11 is 0. The van der Waals surface area contributed by atoms with Gasteiger partial charge in [0.05, 0.1) is 12.3 Å². The molecule has 0 aliphatic carbocycles. The number of hydrogen-bond acceptors (Lipinski definition) is 3. The van der Waals surface area contributed by atoms with Crippen molar-refractivity contribution in [2.24, 2.45) is 5.10 Å². The first-order chi connectivity index (χ1) is 13.0. The number of nitrogens with zero attached hydrogens (tertiary/aromatic N) is 4. The molecule has 136 valence electrons. The Labute approximate surface area is 157 Å². The van der Waals surface area contributed by atoms with Crippen LogP contribution in [-0.2, 0) is 11.3 Å². The maximum atomic E-state index is 13.2. The van der Waals surface area contributed by atoms with Gasteiger partial charge in [-0.2, -0.15) is 5.10 Å². The fourth-order valence-electron chi connectivity index (χ4n) is 3.22. The van der Waals surface area contributed by atoms with Gasteiger partial charge >= 0.3 is 0 Å². The minimum Gasteiger partial charge on any atom is -0.347 e. The van der Waals surface area contributed by atoms with Crippen molar-refractivity contribution in [3.63, 3.8) is 0 Å². The largest absolute Gasteiger partial charge is 0.347 e. The van der Waals surface area contributed by atoms with E-state index in [1.165, 1.54) is 9.91 Å². The second kappa shape index (κ2) is 6.72. The Balaban J connectivity index is 1.86. The van der Waals surface area contributed by atoms with E-state index in [2.05, 4.69) is 5.10 Å². The number of aromatic nitrogens is 1. The van der Waals surface area contributed by atoms with Crippen LogP contribution in [0.1, 0.15) is 16.1 Å². The molecule has 2 amide bonds. The first-order valence-electron chi connectivity index (χ1n) is 8.78. The molecule has 3 aromatic rings. The standard InChI is InChI=1S/C21H20N4O2/c1-23(2)20(26)14-25-21(27)19-12-16-10-6-7-11-18(16)24(19)13-17(22-25)15-8-4-3-5-9-15/h3-12H,13-14H2,1-2H3. The summed E-state index contributed by atoms with van der Waals surface area (Å²) in [6.07, 6.45) is 0. The second-order valence-electron chi connectivity index (χ2n) is 6.74. The molecule has 0 saturated carbocycles. The highest BCUT2D eigenvalue weighted by molar-refractivity contribution is 6.07. The van der Waals surface area contributed by atoms with E-state index in [-0.39, 0.29) is 18.4 Å². The topological polar surface area (TPSA) is 57.9 Å². The van der Waals surface area contributed by atoms with Crippen LogP contribution in [0.2, 0.25) is 0 Å². The van der Waals surface area contributed by atoms with E-state index in [9.17, 15) is 9.59 Å². The van der Waals surface area contributed by atoms with Gasteiger partial charge in [-0.15, -0.1) is 0 Å². The van der Waals surface area contributed by atoms with Gasteiger partial charge in [0.25, 0.3) is 5.91 Å². The van der Waals surface area contributed by atoms with E-state index in [0.717, 1.165) is 22.2 Å². The van der Waals surface area contributed by atoms with Crippen LogP contribution < -0.4 is 0 Å². The van der Waals surface area contributed by atoms with Crippen LogP contribution in [0, 0.1) is 0 Å². The average Bonchev–Trinajstić information content (AvgIpc) is 2.99. The lowest BCUT2D eigenvalue weighted by atomic mass is 10.1. The van der Waals surface area contributed by atoms with Crippen molar-refractivity contribution in [2.45, 2.75) is 6.54 Å². The Morgan fingerprint density at radius 2 is 1.78 bits per heavy atom. The molecule has 4 rings (SSSR count). The normalized spacial score (nSPS) is 13.9. The summed E-state index contributed by atoms with van der Waals surface area (Å²) in [5.41, 5.74) is 3.19. The summed E-state index contributed by atoms with van der Waals surface area (Å²) in [5, 5.41) is 6.85. The van der Waals surface area contributed by atoms with E-state index in [1.807, 2.05) is 65.2 Å². The molecule has 1 aromatic heterocycles. The fraction of sp³-hybridized carbons (Fsp3) is 0.190. The monoisotopic (exact) mass is 360 g/mol. The number of benzene rings is 2. The lowest BCUT2D eigenvalue weighted by Gasteiger charge is -2.18. The maximum absolute atomic E-state index is 13.2. The molecule has 27 heavy (non-hydrogen) atoms. The number of hydrazone groups is 1. The third-order valence-electron chi connectivity index (χ3n) is 4.70. The molecule has 0 saturated heterocycles. The Hall–Kier alpha value is -3.41. The van der Waals surface area contributed by atoms with Crippen LogP contribution in [0.5, 0.6) is 0 Å². The number of fused-ring (bicyclic) bond motifs is 3. The maximum Gasteiger partial charge on any atom is 0.291 e. The molecule has 2 heterocycles. The van der Waals surface area contributed by atoms with E-state index < -0.39 is 0 Å². The van der Waals surface area contributed by atoms with Crippen LogP contribution in [0.15, 0.2) is 65.8 Å². The first-order valence-corrected chi connectivity index (χ1v) is 8.78. The molecule has 0 unspecified atom stereocenters. The molecule has 0 fully saturated rings. The first kappa shape index (κ1) is 17.0. The number of carbonyl (C=O) groups is 2. The van der Waals surface area contributed by atoms with Crippen LogP contribution in [0.4, 0.5) is 0 Å². The molecule has 0 N–H and O–H groups in total. The molecule has 1 aliphatic heterocycles. The summed E-state index contributed by atoms with van der Waals surface area (Å²) in [4.78, 5) is 26.9. The summed E-state index contributed by atoms with van der Waals surface area (Å²) in [7, 11) is 3.34. The zero-order chi connectivity index (χ0) is 19.0. The molecule has 6 nitrogen and oxygen atoms in total. The number of rotatable bonds is 3. The molecule has 0 bridgehead atoms. The minimum atomic E-state index is -0.271. The highest BCUT2D eigenvalue weighted by Gasteiger charge is 2.28. The Morgan fingerprint density at radius 1 is 1.07 bits per heavy atom. The molecule has 1 aliphatic rings. The van der Waals surface area contributed by atoms with Gasteiger partial charge in [0.1, 0.15) is 12.2 Å². The summed E-state index contributed by atoms with van der Waals surface area (Å²) in [6.45, 7) is 0.370. The molecule has 2 aromatic carbocycles. The summed E-state index contributed by atoms with van der Waals surface area (Å²) in [6, 6.07) is 19.5. The molecular weight excluding hydrogens is 340 g/mol. The van der Waals surface area contributed by atoms with E-state index in [0.29, 0.717) is 12.2 Å². The SMILES string of the molecule is CN(C)C(=O)CN1N=C(c2ccccc2)Cn2c(cc3ccccc32)C1=O. The third-order valence-corrected chi connectivity index (χ3v) is 4.70. The second-order valence-corrected chi connectivity index (χ2v) is 6.74. The lowest BCUT2D eigenvalue weighted by Crippen LogP contribution is -2.37. The van der Waals surface area contributed by atoms with Crippen molar-refractivity contribution in [2.75, 3.05) is 20.6 Å². The van der Waals surface area contributed by atoms with Gasteiger partial charge in [0.2, 0.25) is 5.91 Å². The quantitative estimate of drug-likeness (QED) is 0.721. The van der Waals surface area contributed by atoms with Crippen LogP contribution in [0.3, 0.4) is 0 Å². The highest BCUT2D eigenvalue weighted by Crippen LogP contribution is 2.24. The van der Waals surface area contributed by atoms with Crippen LogP contribution in [-0.4, -0.2) is 52.6 Å². The van der Waals surface area contributed by atoms with Crippen LogP contribution >= 0.6 is 0 Å². The van der Waals surface area contributed by atoms with E-state index in [1.54, 1.807) is 14.1 Å². The van der Waals surface area contributed by atoms with Crippen molar-refractivity contribution >= 4 is 28.4 Å². The number of para-hydroxylation sites is 1. The number of hydrogen-bond donors (Lipinski definition) is 0. The number of likely N-dealkylation sites (N-methyl/N-ethyl adjacent to an activating group) is 1. The van der Waals surface area contributed by atoms with Gasteiger partial charge in [-0.1, -0.05) is 48.5 Å². The Bertz CT molecular complexity index is 1050. The Kier molecular flexibility index (Phi) is 4.24. The summed E-state index contributed by atoms with van der Waals surface area (Å²) in [5.74, 6) is -0.448. The van der Waals surface area contributed by atoms with Gasteiger partial charge in [-0.3, -0.25) is 9.59 Å². The zero-order valence-corrected chi connectivity index (χ0v) is 15.3. The van der Waals surface area contributed by atoms with Crippen LogP contribution in [0.25, 0.3) is 10.9 Å². The van der Waals surface area contributed by atoms with Crippen molar-refractivity contribution in [1.29, 1.82) is 0 Å². The van der Waals surface area contributed by atoms with Crippen molar-refractivity contribution in [3.8, 4) is 0 Å².